The Morgan fingerprint density at radius 3 is 3.00 bits per heavy atom. The molecule has 84 valence electrons. The van der Waals surface area contributed by atoms with Crippen molar-refractivity contribution >= 4 is 17.0 Å². The highest BCUT2D eigenvalue weighted by molar-refractivity contribution is 5.91. The topological polar surface area (TPSA) is 88.0 Å². The van der Waals surface area contributed by atoms with Crippen molar-refractivity contribution in [2.45, 2.75) is 19.9 Å². The van der Waals surface area contributed by atoms with Crippen molar-refractivity contribution in [1.82, 2.24) is 14.8 Å². The number of carboxylic acid groups (broad SMARTS) is 1. The maximum atomic E-state index is 11.7. The van der Waals surface area contributed by atoms with Gasteiger partial charge >= 0.3 is 5.97 Å². The Kier molecular flexibility index (Phi) is 2.47. The van der Waals surface area contributed by atoms with Crippen LogP contribution in [-0.2, 0) is 6.54 Å². The molecule has 2 aromatic rings. The molecule has 2 heterocycles. The molecule has 6 nitrogen and oxygen atoms in total. The Bertz CT molecular complexity index is 597. The van der Waals surface area contributed by atoms with Crippen LogP contribution in [0.5, 0.6) is 0 Å². The second-order valence-corrected chi connectivity index (χ2v) is 3.47. The fraction of sp³-hybridized carbons (Fsp3) is 0.300. The van der Waals surface area contributed by atoms with E-state index >= 15 is 0 Å². The Balaban J connectivity index is 2.69. The lowest BCUT2D eigenvalue weighted by molar-refractivity contribution is 0.0695. The molecule has 0 saturated carbocycles. The lowest BCUT2D eigenvalue weighted by atomic mass is 10.2. The molecule has 0 unspecified atom stereocenters. The van der Waals surface area contributed by atoms with Crippen molar-refractivity contribution in [2.75, 3.05) is 0 Å². The smallest absolute Gasteiger partial charge is 0.341 e. The normalized spacial score (nSPS) is 10.8. The van der Waals surface area contributed by atoms with Crippen LogP contribution in [0.2, 0.25) is 0 Å². The minimum absolute atomic E-state index is 0.261. The summed E-state index contributed by atoms with van der Waals surface area (Å²) in [5.41, 5.74) is -0.191. The lowest BCUT2D eigenvalue weighted by Crippen LogP contribution is -2.15. The van der Waals surface area contributed by atoms with E-state index in [0.717, 1.165) is 6.42 Å². The van der Waals surface area contributed by atoms with Crippen molar-refractivity contribution in [3.63, 3.8) is 0 Å². The number of hydrogen-bond donors (Lipinski definition) is 2. The third-order valence-corrected chi connectivity index (χ3v) is 2.35. The van der Waals surface area contributed by atoms with E-state index in [9.17, 15) is 9.59 Å². The van der Waals surface area contributed by atoms with Gasteiger partial charge in [-0.05, 0) is 6.42 Å². The first-order valence-corrected chi connectivity index (χ1v) is 4.95. The molecular formula is C10H11N3O3. The Hall–Kier alpha value is -2.11. The number of fused-ring (bicyclic) bond motifs is 1. The summed E-state index contributed by atoms with van der Waals surface area (Å²) >= 11 is 0. The van der Waals surface area contributed by atoms with Gasteiger partial charge in [-0.3, -0.25) is 4.79 Å². The van der Waals surface area contributed by atoms with Gasteiger partial charge in [0.15, 0.2) is 0 Å². The number of nitrogens with one attached hydrogen (secondary N) is 1. The van der Waals surface area contributed by atoms with E-state index in [1.807, 2.05) is 6.92 Å². The molecule has 16 heavy (non-hydrogen) atoms. The molecule has 0 saturated heterocycles. The van der Waals surface area contributed by atoms with Crippen LogP contribution < -0.4 is 5.43 Å². The van der Waals surface area contributed by atoms with E-state index in [-0.39, 0.29) is 5.56 Å². The van der Waals surface area contributed by atoms with Crippen molar-refractivity contribution in [3.8, 4) is 0 Å². The van der Waals surface area contributed by atoms with Gasteiger partial charge in [0.05, 0.1) is 11.6 Å². The van der Waals surface area contributed by atoms with E-state index in [0.29, 0.717) is 17.6 Å². The maximum Gasteiger partial charge on any atom is 0.341 e. The molecular weight excluding hydrogens is 210 g/mol. The van der Waals surface area contributed by atoms with Crippen LogP contribution in [0.4, 0.5) is 0 Å². The number of hydrogen-bond acceptors (Lipinski definition) is 3. The molecule has 2 aromatic heterocycles. The first-order valence-electron chi connectivity index (χ1n) is 4.95. The summed E-state index contributed by atoms with van der Waals surface area (Å²) in [5, 5.41) is 13.1. The van der Waals surface area contributed by atoms with Crippen molar-refractivity contribution in [2.24, 2.45) is 0 Å². The predicted octanol–water partition coefficient (Wildman–Crippen LogP) is 0.833. The van der Waals surface area contributed by atoms with E-state index in [4.69, 9.17) is 5.11 Å². The first-order chi connectivity index (χ1) is 7.65. The molecule has 0 spiro atoms. The number of carboxylic acids is 1. The summed E-state index contributed by atoms with van der Waals surface area (Å²) in [6.45, 7) is 2.68. The number of aryl methyl sites for hydroxylation is 1. The molecule has 0 atom stereocenters. The zero-order chi connectivity index (χ0) is 11.7. The third-order valence-electron chi connectivity index (χ3n) is 2.35. The molecule has 2 rings (SSSR count). The van der Waals surface area contributed by atoms with Gasteiger partial charge < -0.3 is 10.1 Å². The maximum absolute atomic E-state index is 11.7. The monoisotopic (exact) mass is 221 g/mol. The minimum atomic E-state index is -1.23. The number of nitrogens with zero attached hydrogens (tertiary/aromatic N) is 2. The highest BCUT2D eigenvalue weighted by Crippen LogP contribution is 2.07. The second kappa shape index (κ2) is 3.80. The van der Waals surface area contributed by atoms with Gasteiger partial charge in [0, 0.05) is 12.7 Å². The fourth-order valence-electron chi connectivity index (χ4n) is 1.60. The van der Waals surface area contributed by atoms with Crippen LogP contribution in [0.25, 0.3) is 11.0 Å². The van der Waals surface area contributed by atoms with Gasteiger partial charge in [-0.2, -0.15) is 5.10 Å². The number of H-pyrrole nitrogens is 1. The molecule has 0 aromatic carbocycles. The fourth-order valence-corrected chi connectivity index (χ4v) is 1.60. The van der Waals surface area contributed by atoms with Gasteiger partial charge in [-0.25, -0.2) is 9.48 Å². The van der Waals surface area contributed by atoms with E-state index < -0.39 is 11.4 Å². The van der Waals surface area contributed by atoms with E-state index in [2.05, 4.69) is 10.1 Å². The minimum Gasteiger partial charge on any atom is -0.477 e. The number of aromatic amines is 1. The van der Waals surface area contributed by atoms with Crippen LogP contribution in [0.3, 0.4) is 0 Å². The van der Waals surface area contributed by atoms with Gasteiger partial charge in [-0.1, -0.05) is 6.92 Å². The lowest BCUT2D eigenvalue weighted by Gasteiger charge is -2.00. The zero-order valence-electron chi connectivity index (χ0n) is 8.73. The van der Waals surface area contributed by atoms with E-state index in [1.54, 1.807) is 4.68 Å². The van der Waals surface area contributed by atoms with E-state index in [1.165, 1.54) is 12.4 Å². The SMILES string of the molecule is CCCn1ncc2c(=O)c(C(=O)O)c[nH]c21. The van der Waals surface area contributed by atoms with Crippen LogP contribution in [-0.4, -0.2) is 25.8 Å². The molecule has 0 aliphatic carbocycles. The van der Waals surface area contributed by atoms with Crippen molar-refractivity contribution in [1.29, 1.82) is 0 Å². The summed E-state index contributed by atoms with van der Waals surface area (Å²) in [4.78, 5) is 25.3. The van der Waals surface area contributed by atoms with Crippen molar-refractivity contribution < 1.29 is 9.90 Å². The Labute approximate surface area is 90.5 Å². The third kappa shape index (κ3) is 1.48. The Morgan fingerprint density at radius 1 is 1.62 bits per heavy atom. The van der Waals surface area contributed by atoms with Crippen LogP contribution >= 0.6 is 0 Å². The summed E-state index contributed by atoms with van der Waals surface area (Å²) in [7, 11) is 0. The van der Waals surface area contributed by atoms with Crippen LogP contribution in [0, 0.1) is 0 Å². The summed E-state index contributed by atoms with van der Waals surface area (Å²) in [6.07, 6.45) is 3.50. The number of carbonyl (C=O) groups is 1. The summed E-state index contributed by atoms with van der Waals surface area (Å²) in [5.74, 6) is -1.23. The average Bonchev–Trinajstić information content (AvgIpc) is 2.63. The molecule has 0 aliphatic heterocycles. The van der Waals surface area contributed by atoms with Gasteiger partial charge in [0.25, 0.3) is 0 Å². The molecule has 0 fully saturated rings. The summed E-state index contributed by atoms with van der Waals surface area (Å²) < 4.78 is 1.66. The second-order valence-electron chi connectivity index (χ2n) is 3.47. The first kappa shape index (κ1) is 10.4. The molecule has 0 radical (unpaired) electrons. The number of aromatic carboxylic acids is 1. The molecule has 0 bridgehead atoms. The summed E-state index contributed by atoms with van der Waals surface area (Å²) in [6, 6.07) is 0. The molecule has 0 aliphatic rings. The Morgan fingerprint density at radius 2 is 2.38 bits per heavy atom. The number of rotatable bonds is 3. The zero-order valence-corrected chi connectivity index (χ0v) is 8.73. The molecule has 2 N–H and O–H groups in total. The highest BCUT2D eigenvalue weighted by atomic mass is 16.4. The van der Waals surface area contributed by atoms with Gasteiger partial charge in [-0.15, -0.1) is 0 Å². The number of pyridine rings is 1. The average molecular weight is 221 g/mol. The predicted molar refractivity (Wildman–Crippen MR) is 57.6 cm³/mol. The quantitative estimate of drug-likeness (QED) is 0.803. The van der Waals surface area contributed by atoms with Crippen LogP contribution in [0.1, 0.15) is 23.7 Å². The number of aromatic nitrogens is 3. The molecule has 6 heteroatoms. The standard InChI is InChI=1S/C10H11N3O3/c1-2-3-13-9-6(5-12-13)8(14)7(4-11-9)10(15)16/h4-5H,2-3H2,1H3,(H,11,14)(H,15,16). The van der Waals surface area contributed by atoms with Gasteiger partial charge in [0.2, 0.25) is 5.43 Å². The molecule has 0 amide bonds. The van der Waals surface area contributed by atoms with Crippen molar-refractivity contribution in [3.05, 3.63) is 28.2 Å². The van der Waals surface area contributed by atoms with Gasteiger partial charge in [0.1, 0.15) is 11.2 Å². The largest absolute Gasteiger partial charge is 0.477 e. The highest BCUT2D eigenvalue weighted by Gasteiger charge is 2.13. The van der Waals surface area contributed by atoms with Crippen LogP contribution in [0.15, 0.2) is 17.2 Å².